The molecule has 0 saturated carbocycles. The topological polar surface area (TPSA) is 71.4 Å². The molecule has 0 spiro atoms. The molecule has 3 fully saturated rings. The highest BCUT2D eigenvalue weighted by atomic mass is 16.5. The van der Waals surface area contributed by atoms with Gasteiger partial charge < -0.3 is 14.5 Å². The maximum atomic E-state index is 13.1. The minimum absolute atomic E-state index is 0.0280. The monoisotopic (exact) mass is 386 g/mol. The van der Waals surface area contributed by atoms with Gasteiger partial charge in [-0.25, -0.2) is 4.90 Å². The summed E-state index contributed by atoms with van der Waals surface area (Å²) in [5.41, 5.74) is 0.583. The van der Waals surface area contributed by atoms with E-state index in [0.717, 1.165) is 50.2 Å². The van der Waals surface area contributed by atoms with Gasteiger partial charge in [0.05, 0.1) is 38.2 Å². The lowest BCUT2D eigenvalue weighted by molar-refractivity contribution is -0.922. The standard InChI is InChI=1S/C21H27N3O4/c1-28-17-8-6-16(7-9-17)24-19(25)13-18(21(24)27)23-12-4-5-15(14-23)20(26)22-10-2-3-11-22/h6-9,15,18H,2-5,10-14H2,1H3/p+1/t15-,18+/m0/s1. The van der Waals surface area contributed by atoms with E-state index in [0.29, 0.717) is 18.0 Å². The fourth-order valence-corrected chi connectivity index (χ4v) is 4.77. The first-order valence-corrected chi connectivity index (χ1v) is 10.2. The first kappa shape index (κ1) is 18.9. The third-order valence-corrected chi connectivity index (χ3v) is 6.30. The number of quaternary nitrogens is 1. The van der Waals surface area contributed by atoms with Gasteiger partial charge in [-0.05, 0) is 49.9 Å². The second kappa shape index (κ2) is 7.91. The van der Waals surface area contributed by atoms with Crippen LogP contribution in [0.4, 0.5) is 5.69 Å². The number of nitrogens with one attached hydrogen (secondary N) is 1. The second-order valence-corrected chi connectivity index (χ2v) is 8.01. The van der Waals surface area contributed by atoms with Gasteiger partial charge in [0.15, 0.2) is 6.04 Å². The number of nitrogens with zero attached hydrogens (tertiary/aromatic N) is 2. The number of hydrogen-bond acceptors (Lipinski definition) is 4. The Labute approximate surface area is 165 Å². The van der Waals surface area contributed by atoms with Crippen molar-refractivity contribution in [2.75, 3.05) is 38.2 Å². The molecule has 0 radical (unpaired) electrons. The summed E-state index contributed by atoms with van der Waals surface area (Å²) in [4.78, 5) is 42.8. The van der Waals surface area contributed by atoms with Crippen molar-refractivity contribution in [3.8, 4) is 5.75 Å². The molecule has 3 amide bonds. The highest BCUT2D eigenvalue weighted by molar-refractivity contribution is 6.21. The molecule has 0 bridgehead atoms. The molecule has 7 heteroatoms. The number of ether oxygens (including phenoxy) is 1. The van der Waals surface area contributed by atoms with Crippen LogP contribution in [-0.4, -0.2) is 62.0 Å². The van der Waals surface area contributed by atoms with E-state index in [1.807, 2.05) is 4.90 Å². The number of likely N-dealkylation sites (tertiary alicyclic amines) is 2. The van der Waals surface area contributed by atoms with Gasteiger partial charge in [0, 0.05) is 13.1 Å². The Morgan fingerprint density at radius 3 is 2.50 bits per heavy atom. The molecular formula is C21H28N3O4+. The van der Waals surface area contributed by atoms with Crippen molar-refractivity contribution in [2.45, 2.75) is 38.1 Å². The molecule has 3 aliphatic rings. The summed E-state index contributed by atoms with van der Waals surface area (Å²) in [5.74, 6) is 0.572. The van der Waals surface area contributed by atoms with Gasteiger partial charge in [-0.1, -0.05) is 0 Å². The average molecular weight is 386 g/mol. The molecule has 3 aliphatic heterocycles. The van der Waals surface area contributed by atoms with Gasteiger partial charge in [0.25, 0.3) is 5.91 Å². The largest absolute Gasteiger partial charge is 0.497 e. The maximum absolute atomic E-state index is 13.1. The first-order chi connectivity index (χ1) is 13.6. The number of imide groups is 1. The predicted molar refractivity (Wildman–Crippen MR) is 103 cm³/mol. The van der Waals surface area contributed by atoms with E-state index in [1.165, 1.54) is 4.90 Å². The fourth-order valence-electron chi connectivity index (χ4n) is 4.77. The van der Waals surface area contributed by atoms with Crippen molar-refractivity contribution >= 4 is 23.4 Å². The summed E-state index contributed by atoms with van der Waals surface area (Å²) >= 11 is 0. The SMILES string of the molecule is COc1ccc(N2C(=O)C[C@@H]([NH+]3CCC[C@H](C(=O)N4CCCC4)C3)C2=O)cc1. The van der Waals surface area contributed by atoms with Crippen LogP contribution < -0.4 is 14.5 Å². The molecule has 1 unspecified atom stereocenters. The van der Waals surface area contributed by atoms with Crippen molar-refractivity contribution in [3.63, 3.8) is 0 Å². The zero-order valence-corrected chi connectivity index (χ0v) is 16.4. The Morgan fingerprint density at radius 2 is 1.82 bits per heavy atom. The van der Waals surface area contributed by atoms with Crippen LogP contribution in [0.5, 0.6) is 5.75 Å². The normalized spacial score (nSPS) is 28.1. The van der Waals surface area contributed by atoms with Gasteiger partial charge in [0.2, 0.25) is 11.8 Å². The lowest BCUT2D eigenvalue weighted by Crippen LogP contribution is -3.18. The van der Waals surface area contributed by atoms with E-state index >= 15 is 0 Å². The molecule has 4 rings (SSSR count). The number of carbonyl (C=O) groups excluding carboxylic acids is 3. The summed E-state index contributed by atoms with van der Waals surface area (Å²) in [6.07, 6.45) is 4.18. The lowest BCUT2D eigenvalue weighted by atomic mass is 9.95. The number of carbonyl (C=O) groups is 3. The molecule has 1 aromatic carbocycles. The average Bonchev–Trinajstić information content (AvgIpc) is 3.36. The molecule has 0 aliphatic carbocycles. The molecule has 3 saturated heterocycles. The molecule has 1 N–H and O–H groups in total. The van der Waals surface area contributed by atoms with Crippen molar-refractivity contribution < 1.29 is 24.0 Å². The predicted octanol–water partition coefficient (Wildman–Crippen LogP) is 0.244. The van der Waals surface area contributed by atoms with Crippen LogP contribution in [-0.2, 0) is 14.4 Å². The minimum Gasteiger partial charge on any atom is -0.497 e. The van der Waals surface area contributed by atoms with Gasteiger partial charge >= 0.3 is 0 Å². The Bertz CT molecular complexity index is 757. The van der Waals surface area contributed by atoms with Crippen LogP contribution in [0.1, 0.15) is 32.1 Å². The molecular weight excluding hydrogens is 358 g/mol. The van der Waals surface area contributed by atoms with E-state index in [1.54, 1.807) is 31.4 Å². The third kappa shape index (κ3) is 3.51. The molecule has 150 valence electrons. The Hall–Kier alpha value is -2.41. The number of hydrogen-bond donors (Lipinski definition) is 1. The molecule has 1 aromatic rings. The first-order valence-electron chi connectivity index (χ1n) is 10.2. The molecule has 0 aromatic heterocycles. The van der Waals surface area contributed by atoms with Gasteiger partial charge in [-0.2, -0.15) is 0 Å². The van der Waals surface area contributed by atoms with Crippen LogP contribution >= 0.6 is 0 Å². The lowest BCUT2D eigenvalue weighted by Gasteiger charge is -2.33. The number of methoxy groups -OCH3 is 1. The Balaban J connectivity index is 1.45. The minimum atomic E-state index is -0.385. The molecule has 3 heterocycles. The summed E-state index contributed by atoms with van der Waals surface area (Å²) < 4.78 is 5.15. The van der Waals surface area contributed by atoms with Crippen molar-refractivity contribution in [3.05, 3.63) is 24.3 Å². The summed E-state index contributed by atoms with van der Waals surface area (Å²) in [6.45, 7) is 3.20. The van der Waals surface area contributed by atoms with Crippen LogP contribution in [0, 0.1) is 5.92 Å². The Kier molecular flexibility index (Phi) is 5.35. The van der Waals surface area contributed by atoms with Crippen LogP contribution in [0.3, 0.4) is 0 Å². The van der Waals surface area contributed by atoms with Crippen molar-refractivity contribution in [1.82, 2.24) is 4.90 Å². The number of amides is 3. The Morgan fingerprint density at radius 1 is 1.11 bits per heavy atom. The van der Waals surface area contributed by atoms with Gasteiger partial charge in [0.1, 0.15) is 5.75 Å². The van der Waals surface area contributed by atoms with Gasteiger partial charge in [-0.3, -0.25) is 14.4 Å². The number of anilines is 1. The van der Waals surface area contributed by atoms with Crippen LogP contribution in [0.25, 0.3) is 0 Å². The maximum Gasteiger partial charge on any atom is 0.292 e. The number of piperidine rings is 1. The zero-order chi connectivity index (χ0) is 19.7. The fraction of sp³-hybridized carbons (Fsp3) is 0.571. The second-order valence-electron chi connectivity index (χ2n) is 8.01. The summed E-state index contributed by atoms with van der Waals surface area (Å²) in [7, 11) is 1.58. The van der Waals surface area contributed by atoms with Crippen molar-refractivity contribution in [2.24, 2.45) is 5.92 Å². The highest BCUT2D eigenvalue weighted by Gasteiger charge is 2.47. The van der Waals surface area contributed by atoms with Crippen LogP contribution in [0.2, 0.25) is 0 Å². The smallest absolute Gasteiger partial charge is 0.292 e. The summed E-state index contributed by atoms with van der Waals surface area (Å²) in [6, 6.07) is 6.59. The van der Waals surface area contributed by atoms with E-state index in [2.05, 4.69) is 0 Å². The van der Waals surface area contributed by atoms with E-state index < -0.39 is 0 Å². The van der Waals surface area contributed by atoms with Gasteiger partial charge in [-0.15, -0.1) is 0 Å². The molecule has 7 nitrogen and oxygen atoms in total. The summed E-state index contributed by atoms with van der Waals surface area (Å²) in [5, 5.41) is 0. The molecule has 28 heavy (non-hydrogen) atoms. The van der Waals surface area contributed by atoms with Crippen molar-refractivity contribution in [1.29, 1.82) is 0 Å². The number of rotatable bonds is 4. The zero-order valence-electron chi connectivity index (χ0n) is 16.4. The quantitative estimate of drug-likeness (QED) is 0.753. The highest BCUT2D eigenvalue weighted by Crippen LogP contribution is 2.25. The van der Waals surface area contributed by atoms with E-state index in [9.17, 15) is 14.4 Å². The van der Waals surface area contributed by atoms with E-state index in [4.69, 9.17) is 4.74 Å². The van der Waals surface area contributed by atoms with Crippen LogP contribution in [0.15, 0.2) is 24.3 Å². The number of benzene rings is 1. The third-order valence-electron chi connectivity index (χ3n) is 6.30. The van der Waals surface area contributed by atoms with E-state index in [-0.39, 0.29) is 36.1 Å². The molecule has 3 atom stereocenters.